The lowest BCUT2D eigenvalue weighted by molar-refractivity contribution is -0.139. The number of pyridine rings is 1. The van der Waals surface area contributed by atoms with Gasteiger partial charge in [0.1, 0.15) is 17.9 Å². The molecule has 0 spiro atoms. The molecule has 9 heteroatoms. The van der Waals surface area contributed by atoms with Crippen LogP contribution in [0.15, 0.2) is 47.4 Å². The molecular formula is C16H14F4N2O3. The number of aromatic nitrogens is 1. The molecule has 0 aliphatic carbocycles. The summed E-state index contributed by atoms with van der Waals surface area (Å²) in [5.41, 5.74) is -2.34. The maximum atomic E-state index is 12.8. The molecule has 1 aromatic heterocycles. The highest BCUT2D eigenvalue weighted by Crippen LogP contribution is 2.25. The van der Waals surface area contributed by atoms with Gasteiger partial charge < -0.3 is 15.0 Å². The minimum atomic E-state index is -4.81. The molecular weight excluding hydrogens is 344 g/mol. The number of hydrogen-bond donors (Lipinski definition) is 2. The molecule has 2 rings (SSSR count). The van der Waals surface area contributed by atoms with Crippen LogP contribution >= 0.6 is 0 Å². The number of nitrogens with zero attached hydrogens (tertiary/aromatic N) is 1. The molecule has 2 N–H and O–H groups in total. The first-order valence-electron chi connectivity index (χ1n) is 7.15. The van der Waals surface area contributed by atoms with Crippen molar-refractivity contribution in [3.63, 3.8) is 0 Å². The van der Waals surface area contributed by atoms with Crippen molar-refractivity contribution in [2.45, 2.75) is 18.8 Å². The number of rotatable bonds is 5. The van der Waals surface area contributed by atoms with Crippen LogP contribution in [0.3, 0.4) is 0 Å². The number of aliphatic hydroxyl groups is 1. The quantitative estimate of drug-likeness (QED) is 0.802. The zero-order valence-corrected chi connectivity index (χ0v) is 12.8. The van der Waals surface area contributed by atoms with Crippen LogP contribution in [-0.2, 0) is 17.5 Å². The summed E-state index contributed by atoms with van der Waals surface area (Å²) in [5.74, 6) is -1.23. The van der Waals surface area contributed by atoms with E-state index in [-0.39, 0.29) is 6.54 Å². The molecule has 0 aliphatic heterocycles. The average molecular weight is 358 g/mol. The number of aliphatic hydroxyl groups excluding tert-OH is 1. The van der Waals surface area contributed by atoms with Gasteiger partial charge in [-0.05, 0) is 29.8 Å². The number of halogens is 4. The molecule has 1 atom stereocenters. The molecule has 1 heterocycles. The van der Waals surface area contributed by atoms with Crippen LogP contribution < -0.4 is 10.9 Å². The van der Waals surface area contributed by atoms with Gasteiger partial charge in [0.25, 0.3) is 5.56 Å². The van der Waals surface area contributed by atoms with E-state index >= 15 is 0 Å². The lowest BCUT2D eigenvalue weighted by Crippen LogP contribution is -2.36. The summed E-state index contributed by atoms with van der Waals surface area (Å²) < 4.78 is 51.4. The predicted octanol–water partition coefficient (Wildman–Crippen LogP) is 1.86. The smallest absolute Gasteiger partial charge is 0.387 e. The number of carbonyl (C=O) groups excluding carboxylic acids is 1. The van der Waals surface area contributed by atoms with Gasteiger partial charge in [0, 0.05) is 12.7 Å². The van der Waals surface area contributed by atoms with E-state index in [1.807, 2.05) is 0 Å². The third kappa shape index (κ3) is 4.90. The zero-order chi connectivity index (χ0) is 18.6. The van der Waals surface area contributed by atoms with Crippen molar-refractivity contribution in [1.29, 1.82) is 0 Å². The minimum absolute atomic E-state index is 0.238. The molecule has 5 nitrogen and oxygen atoms in total. The van der Waals surface area contributed by atoms with Gasteiger partial charge in [-0.1, -0.05) is 12.1 Å². The van der Waals surface area contributed by atoms with E-state index < -0.39 is 41.7 Å². The first-order chi connectivity index (χ1) is 11.7. The average Bonchev–Trinajstić information content (AvgIpc) is 2.54. The largest absolute Gasteiger partial charge is 0.421 e. The van der Waals surface area contributed by atoms with Crippen molar-refractivity contribution in [2.24, 2.45) is 0 Å². The molecule has 1 aromatic carbocycles. The Balaban J connectivity index is 1.99. The molecule has 0 bridgehead atoms. The van der Waals surface area contributed by atoms with Crippen LogP contribution in [-0.4, -0.2) is 22.1 Å². The van der Waals surface area contributed by atoms with Crippen molar-refractivity contribution in [3.05, 3.63) is 69.9 Å². The number of benzene rings is 1. The highest BCUT2D eigenvalue weighted by Gasteiger charge is 2.34. The van der Waals surface area contributed by atoms with Crippen LogP contribution in [0.1, 0.15) is 17.2 Å². The number of nitrogens with one attached hydrogen (secondary N) is 1. The fourth-order valence-corrected chi connectivity index (χ4v) is 2.10. The van der Waals surface area contributed by atoms with Gasteiger partial charge in [-0.2, -0.15) is 13.2 Å². The third-order valence-electron chi connectivity index (χ3n) is 3.39. The van der Waals surface area contributed by atoms with E-state index in [4.69, 9.17) is 0 Å². The molecule has 0 saturated heterocycles. The molecule has 0 unspecified atom stereocenters. The van der Waals surface area contributed by atoms with Crippen molar-refractivity contribution < 1.29 is 27.5 Å². The van der Waals surface area contributed by atoms with Gasteiger partial charge in [0.15, 0.2) is 0 Å². The molecule has 0 saturated carbocycles. The van der Waals surface area contributed by atoms with Crippen LogP contribution in [0, 0.1) is 5.82 Å². The second-order valence-corrected chi connectivity index (χ2v) is 5.22. The van der Waals surface area contributed by atoms with Crippen LogP contribution in [0.2, 0.25) is 0 Å². The highest BCUT2D eigenvalue weighted by molar-refractivity contribution is 5.75. The summed E-state index contributed by atoms with van der Waals surface area (Å²) >= 11 is 0. The molecule has 1 amide bonds. The second kappa shape index (κ2) is 7.47. The lowest BCUT2D eigenvalue weighted by Gasteiger charge is -2.13. The monoisotopic (exact) mass is 358 g/mol. The van der Waals surface area contributed by atoms with Gasteiger partial charge >= 0.3 is 6.18 Å². The minimum Gasteiger partial charge on any atom is -0.387 e. The Hall–Kier alpha value is -2.68. The number of hydrogen-bond acceptors (Lipinski definition) is 3. The Morgan fingerprint density at radius 2 is 1.84 bits per heavy atom. The Kier molecular flexibility index (Phi) is 5.58. The lowest BCUT2D eigenvalue weighted by atomic mass is 10.1. The summed E-state index contributed by atoms with van der Waals surface area (Å²) in [6.07, 6.45) is -4.87. The highest BCUT2D eigenvalue weighted by atomic mass is 19.4. The standard InChI is InChI=1S/C16H14F4N2O3/c17-11-5-3-10(4-6-11)13(23)8-21-14(24)9-22-7-1-2-12(15(22)25)16(18,19)20/h1-7,13,23H,8-9H2,(H,21,24)/t13-/m0/s1. The maximum absolute atomic E-state index is 12.8. The number of alkyl halides is 3. The maximum Gasteiger partial charge on any atom is 0.421 e. The fraction of sp³-hybridized carbons (Fsp3) is 0.250. The molecule has 0 fully saturated rings. The van der Waals surface area contributed by atoms with Crippen LogP contribution in [0.4, 0.5) is 17.6 Å². The van der Waals surface area contributed by atoms with E-state index in [0.717, 1.165) is 24.4 Å². The van der Waals surface area contributed by atoms with Gasteiger partial charge in [0.05, 0.1) is 6.10 Å². The fourth-order valence-electron chi connectivity index (χ4n) is 2.10. The van der Waals surface area contributed by atoms with Crippen LogP contribution in [0.25, 0.3) is 0 Å². The van der Waals surface area contributed by atoms with Crippen molar-refractivity contribution in [2.75, 3.05) is 6.54 Å². The topological polar surface area (TPSA) is 71.3 Å². The van der Waals surface area contributed by atoms with Crippen molar-refractivity contribution >= 4 is 5.91 Å². The Morgan fingerprint density at radius 3 is 2.44 bits per heavy atom. The Labute approximate surface area is 139 Å². The SMILES string of the molecule is O=C(Cn1cccc(C(F)(F)F)c1=O)NC[C@H](O)c1ccc(F)cc1. The van der Waals surface area contributed by atoms with Gasteiger partial charge in [-0.25, -0.2) is 4.39 Å². The molecule has 0 radical (unpaired) electrons. The summed E-state index contributed by atoms with van der Waals surface area (Å²) in [6, 6.07) is 6.61. The predicted molar refractivity (Wildman–Crippen MR) is 80.1 cm³/mol. The summed E-state index contributed by atoms with van der Waals surface area (Å²) in [5, 5.41) is 12.2. The Morgan fingerprint density at radius 1 is 1.20 bits per heavy atom. The number of amides is 1. The van der Waals surface area contributed by atoms with E-state index in [1.54, 1.807) is 0 Å². The summed E-state index contributed by atoms with van der Waals surface area (Å²) in [4.78, 5) is 23.5. The molecule has 2 aromatic rings. The van der Waals surface area contributed by atoms with Gasteiger partial charge in [-0.15, -0.1) is 0 Å². The van der Waals surface area contributed by atoms with Gasteiger partial charge in [0.2, 0.25) is 5.91 Å². The first kappa shape index (κ1) is 18.7. The Bertz CT molecular complexity index is 800. The van der Waals surface area contributed by atoms with Crippen molar-refractivity contribution in [1.82, 2.24) is 9.88 Å². The second-order valence-electron chi connectivity index (χ2n) is 5.22. The van der Waals surface area contributed by atoms with E-state index in [0.29, 0.717) is 16.2 Å². The number of carbonyl (C=O) groups is 1. The van der Waals surface area contributed by atoms with E-state index in [2.05, 4.69) is 5.32 Å². The molecule has 0 aliphatic rings. The zero-order valence-electron chi connectivity index (χ0n) is 12.8. The van der Waals surface area contributed by atoms with Gasteiger partial charge in [-0.3, -0.25) is 9.59 Å². The van der Waals surface area contributed by atoms with Crippen molar-refractivity contribution in [3.8, 4) is 0 Å². The molecule has 25 heavy (non-hydrogen) atoms. The third-order valence-corrected chi connectivity index (χ3v) is 3.39. The van der Waals surface area contributed by atoms with E-state index in [9.17, 15) is 32.3 Å². The molecule has 134 valence electrons. The van der Waals surface area contributed by atoms with E-state index in [1.165, 1.54) is 12.1 Å². The normalized spacial score (nSPS) is 12.7. The summed E-state index contributed by atoms with van der Waals surface area (Å²) in [7, 11) is 0. The first-order valence-corrected chi connectivity index (χ1v) is 7.15. The van der Waals surface area contributed by atoms with Crippen LogP contribution in [0.5, 0.6) is 0 Å². The summed E-state index contributed by atoms with van der Waals surface area (Å²) in [6.45, 7) is -0.864.